The number of hydrogen-bond donors (Lipinski definition) is 2. The molecule has 2 aliphatic heterocycles. The van der Waals surface area contributed by atoms with Gasteiger partial charge in [0.1, 0.15) is 0 Å². The smallest absolute Gasteiger partial charge is 0.000664 e. The molecular formula is C26H46N4. The van der Waals surface area contributed by atoms with Crippen LogP contribution in [0.2, 0.25) is 0 Å². The molecule has 1 aromatic rings. The number of piperidine rings is 2. The minimum Gasteiger partial charge on any atom is -0.316 e. The summed E-state index contributed by atoms with van der Waals surface area (Å²) in [6, 6.07) is 9.28. The molecular weight excluding hydrogens is 368 g/mol. The summed E-state index contributed by atoms with van der Waals surface area (Å²) in [5.74, 6) is 0. The molecule has 1 aromatic carbocycles. The van der Waals surface area contributed by atoms with Gasteiger partial charge in [-0.15, -0.1) is 0 Å². The summed E-state index contributed by atoms with van der Waals surface area (Å²) in [4.78, 5) is 5.26. The van der Waals surface area contributed by atoms with Crippen LogP contribution in [0, 0.1) is 0 Å². The fourth-order valence-electron chi connectivity index (χ4n) is 4.81. The van der Waals surface area contributed by atoms with E-state index in [1.54, 1.807) is 0 Å². The third-order valence-electron chi connectivity index (χ3n) is 6.76. The third-order valence-corrected chi connectivity index (χ3v) is 6.76. The van der Waals surface area contributed by atoms with Gasteiger partial charge in [-0.3, -0.25) is 0 Å². The summed E-state index contributed by atoms with van der Waals surface area (Å²) >= 11 is 0. The van der Waals surface area contributed by atoms with Gasteiger partial charge in [0.25, 0.3) is 0 Å². The molecule has 30 heavy (non-hydrogen) atoms. The number of benzene rings is 1. The van der Waals surface area contributed by atoms with Gasteiger partial charge in [-0.1, -0.05) is 37.1 Å². The predicted octanol–water partition coefficient (Wildman–Crippen LogP) is 3.70. The van der Waals surface area contributed by atoms with Gasteiger partial charge < -0.3 is 20.4 Å². The average molecular weight is 415 g/mol. The van der Waals surface area contributed by atoms with Crippen LogP contribution in [0.3, 0.4) is 0 Å². The molecule has 0 bridgehead atoms. The SMILES string of the molecule is c1cc(CCNCCCN2CCCCC2)ccc1CCNCCCN1CCCCC1. The first-order valence-electron chi connectivity index (χ1n) is 12.8. The van der Waals surface area contributed by atoms with E-state index in [2.05, 4.69) is 44.7 Å². The Hall–Kier alpha value is -0.940. The molecule has 0 atom stereocenters. The number of hydrogen-bond acceptors (Lipinski definition) is 4. The van der Waals surface area contributed by atoms with E-state index < -0.39 is 0 Å². The summed E-state index contributed by atoms with van der Waals surface area (Å²) in [6.45, 7) is 12.3. The van der Waals surface area contributed by atoms with Crippen molar-refractivity contribution in [3.63, 3.8) is 0 Å². The molecule has 4 nitrogen and oxygen atoms in total. The number of nitrogens with zero attached hydrogens (tertiary/aromatic N) is 2. The highest BCUT2D eigenvalue weighted by molar-refractivity contribution is 5.23. The lowest BCUT2D eigenvalue weighted by Gasteiger charge is -2.26. The minimum atomic E-state index is 1.10. The molecule has 0 amide bonds. The number of rotatable bonds is 14. The quantitative estimate of drug-likeness (QED) is 0.455. The topological polar surface area (TPSA) is 30.5 Å². The zero-order valence-electron chi connectivity index (χ0n) is 19.3. The Morgan fingerprint density at radius 2 is 0.933 bits per heavy atom. The first kappa shape index (κ1) is 23.7. The maximum absolute atomic E-state index is 3.63. The van der Waals surface area contributed by atoms with Crippen molar-refractivity contribution in [2.45, 2.75) is 64.2 Å². The largest absolute Gasteiger partial charge is 0.316 e. The molecule has 0 aromatic heterocycles. The van der Waals surface area contributed by atoms with Crippen LogP contribution in [0.25, 0.3) is 0 Å². The van der Waals surface area contributed by atoms with E-state index in [1.807, 2.05) is 0 Å². The van der Waals surface area contributed by atoms with E-state index in [0.29, 0.717) is 0 Å². The molecule has 2 fully saturated rings. The number of nitrogens with one attached hydrogen (secondary N) is 2. The molecule has 0 aliphatic carbocycles. The third kappa shape index (κ3) is 9.91. The van der Waals surface area contributed by atoms with Gasteiger partial charge in [-0.2, -0.15) is 0 Å². The van der Waals surface area contributed by atoms with Crippen LogP contribution in [-0.2, 0) is 12.8 Å². The van der Waals surface area contributed by atoms with Crippen molar-refractivity contribution < 1.29 is 0 Å². The lowest BCUT2D eigenvalue weighted by atomic mass is 10.1. The molecule has 3 rings (SSSR count). The van der Waals surface area contributed by atoms with Crippen LogP contribution in [0.4, 0.5) is 0 Å². The highest BCUT2D eigenvalue weighted by atomic mass is 15.1. The molecule has 170 valence electrons. The molecule has 0 spiro atoms. The molecule has 2 heterocycles. The lowest BCUT2D eigenvalue weighted by molar-refractivity contribution is 0.226. The lowest BCUT2D eigenvalue weighted by Crippen LogP contribution is -2.32. The summed E-state index contributed by atoms with van der Waals surface area (Å²) in [7, 11) is 0. The Morgan fingerprint density at radius 1 is 0.533 bits per heavy atom. The Labute approximate surface area is 185 Å². The maximum atomic E-state index is 3.63. The van der Waals surface area contributed by atoms with E-state index in [4.69, 9.17) is 0 Å². The predicted molar refractivity (Wildman–Crippen MR) is 129 cm³/mol. The van der Waals surface area contributed by atoms with Crippen LogP contribution < -0.4 is 10.6 Å². The Morgan fingerprint density at radius 3 is 1.33 bits per heavy atom. The average Bonchev–Trinajstić information content (AvgIpc) is 2.81. The highest BCUT2D eigenvalue weighted by Crippen LogP contribution is 2.09. The van der Waals surface area contributed by atoms with Crippen LogP contribution in [-0.4, -0.2) is 75.2 Å². The summed E-state index contributed by atoms with van der Waals surface area (Å²) in [5.41, 5.74) is 2.91. The van der Waals surface area contributed by atoms with Gasteiger partial charge in [0, 0.05) is 0 Å². The summed E-state index contributed by atoms with van der Waals surface area (Å²) in [5, 5.41) is 7.25. The van der Waals surface area contributed by atoms with Crippen molar-refractivity contribution >= 4 is 0 Å². The zero-order chi connectivity index (χ0) is 20.7. The van der Waals surface area contributed by atoms with Crippen molar-refractivity contribution in [3.8, 4) is 0 Å². The molecule has 2 aliphatic rings. The normalized spacial score (nSPS) is 18.7. The van der Waals surface area contributed by atoms with E-state index in [9.17, 15) is 0 Å². The fraction of sp³-hybridized carbons (Fsp3) is 0.769. The van der Waals surface area contributed by atoms with Gasteiger partial charge in [0.2, 0.25) is 0 Å². The van der Waals surface area contributed by atoms with Crippen LogP contribution in [0.1, 0.15) is 62.5 Å². The number of likely N-dealkylation sites (tertiary alicyclic amines) is 2. The van der Waals surface area contributed by atoms with Crippen LogP contribution in [0.15, 0.2) is 24.3 Å². The van der Waals surface area contributed by atoms with Crippen molar-refractivity contribution in [1.29, 1.82) is 0 Å². The molecule has 0 saturated carbocycles. The van der Waals surface area contributed by atoms with E-state index in [0.717, 1.165) is 39.0 Å². The molecule has 2 N–H and O–H groups in total. The second-order valence-corrected chi connectivity index (χ2v) is 9.33. The second kappa shape index (κ2) is 15.0. The fourth-order valence-corrected chi connectivity index (χ4v) is 4.81. The van der Waals surface area contributed by atoms with E-state index >= 15 is 0 Å². The van der Waals surface area contributed by atoms with Crippen molar-refractivity contribution in [1.82, 2.24) is 20.4 Å². The standard InChI is InChI=1S/C26H46N4/c1-3-19-29(20-4-1)23-7-15-27-17-13-25-9-11-26(12-10-25)14-18-28-16-8-24-30-21-5-2-6-22-30/h9-12,27-28H,1-8,13-24H2. The van der Waals surface area contributed by atoms with Gasteiger partial charge in [-0.25, -0.2) is 0 Å². The monoisotopic (exact) mass is 414 g/mol. The van der Waals surface area contributed by atoms with Gasteiger partial charge >= 0.3 is 0 Å². The highest BCUT2D eigenvalue weighted by Gasteiger charge is 2.09. The van der Waals surface area contributed by atoms with Gasteiger partial charge in [-0.05, 0) is 128 Å². The Kier molecular flexibility index (Phi) is 11.8. The van der Waals surface area contributed by atoms with Crippen molar-refractivity contribution in [3.05, 3.63) is 35.4 Å². The molecule has 0 unspecified atom stereocenters. The second-order valence-electron chi connectivity index (χ2n) is 9.33. The summed E-state index contributed by atoms with van der Waals surface area (Å²) in [6.07, 6.45) is 13.3. The zero-order valence-corrected chi connectivity index (χ0v) is 19.3. The molecule has 2 saturated heterocycles. The molecule has 0 radical (unpaired) electrons. The van der Waals surface area contributed by atoms with Crippen LogP contribution >= 0.6 is 0 Å². The summed E-state index contributed by atoms with van der Waals surface area (Å²) < 4.78 is 0. The van der Waals surface area contributed by atoms with Gasteiger partial charge in [0.15, 0.2) is 0 Å². The van der Waals surface area contributed by atoms with E-state index in [1.165, 1.54) is 102 Å². The van der Waals surface area contributed by atoms with Crippen LogP contribution in [0.5, 0.6) is 0 Å². The van der Waals surface area contributed by atoms with E-state index in [-0.39, 0.29) is 0 Å². The minimum absolute atomic E-state index is 1.10. The van der Waals surface area contributed by atoms with Crippen molar-refractivity contribution in [2.24, 2.45) is 0 Å². The van der Waals surface area contributed by atoms with Gasteiger partial charge in [0.05, 0.1) is 0 Å². The Balaban J connectivity index is 1.15. The first-order chi connectivity index (χ1) is 14.9. The first-order valence-corrected chi connectivity index (χ1v) is 12.8. The molecule has 4 heteroatoms. The maximum Gasteiger partial charge on any atom is -0.000664 e. The van der Waals surface area contributed by atoms with Crippen molar-refractivity contribution in [2.75, 3.05) is 65.4 Å². The Bertz CT molecular complexity index is 483.